The highest BCUT2D eigenvalue weighted by Crippen LogP contribution is 2.19. The van der Waals surface area contributed by atoms with Gasteiger partial charge in [0.1, 0.15) is 5.82 Å². The van der Waals surface area contributed by atoms with Crippen molar-refractivity contribution in [2.45, 2.75) is 26.4 Å². The summed E-state index contributed by atoms with van der Waals surface area (Å²) in [5.41, 5.74) is 1.97. The van der Waals surface area contributed by atoms with Gasteiger partial charge in [-0.3, -0.25) is 0 Å². The third kappa shape index (κ3) is 3.52. The Morgan fingerprint density at radius 3 is 2.56 bits per heavy atom. The lowest BCUT2D eigenvalue weighted by Crippen LogP contribution is -2.23. The van der Waals surface area contributed by atoms with Crippen LogP contribution >= 0.6 is 11.6 Å². The predicted molar refractivity (Wildman–Crippen MR) is 74.5 cm³/mol. The first-order valence-corrected chi connectivity index (χ1v) is 6.34. The molecule has 0 saturated heterocycles. The minimum absolute atomic E-state index is 0.424. The lowest BCUT2D eigenvalue weighted by atomic mass is 10.1. The van der Waals surface area contributed by atoms with Gasteiger partial charge in [-0.1, -0.05) is 37.6 Å². The predicted octanol–water partition coefficient (Wildman–Crippen LogP) is 3.30. The van der Waals surface area contributed by atoms with Gasteiger partial charge in [-0.25, -0.2) is 9.97 Å². The van der Waals surface area contributed by atoms with Crippen molar-refractivity contribution in [3.05, 3.63) is 47.4 Å². The average molecular weight is 262 g/mol. The first kappa shape index (κ1) is 13.0. The quantitative estimate of drug-likeness (QED) is 0.918. The van der Waals surface area contributed by atoms with E-state index in [4.69, 9.17) is 11.6 Å². The molecule has 0 amide bonds. The lowest BCUT2D eigenvalue weighted by molar-refractivity contribution is 0.572. The summed E-state index contributed by atoms with van der Waals surface area (Å²) in [7, 11) is 0. The van der Waals surface area contributed by atoms with Gasteiger partial charge in [0.05, 0.1) is 12.2 Å². The molecule has 0 aliphatic rings. The molecule has 0 atom stereocenters. The van der Waals surface area contributed by atoms with Crippen molar-refractivity contribution in [3.8, 4) is 11.3 Å². The molecule has 94 valence electrons. The summed E-state index contributed by atoms with van der Waals surface area (Å²) in [6.07, 6.45) is 1.79. The largest absolute Gasteiger partial charge is 0.308 e. The maximum atomic E-state index is 5.87. The van der Waals surface area contributed by atoms with Gasteiger partial charge >= 0.3 is 0 Å². The van der Waals surface area contributed by atoms with Gasteiger partial charge in [-0.05, 0) is 18.2 Å². The van der Waals surface area contributed by atoms with E-state index in [1.807, 2.05) is 30.3 Å². The van der Waals surface area contributed by atoms with Gasteiger partial charge in [-0.2, -0.15) is 0 Å². The molecule has 0 bridgehead atoms. The summed E-state index contributed by atoms with van der Waals surface area (Å²) < 4.78 is 0. The maximum Gasteiger partial charge on any atom is 0.142 e. The van der Waals surface area contributed by atoms with Gasteiger partial charge in [-0.15, -0.1) is 0 Å². The fourth-order valence-electron chi connectivity index (χ4n) is 1.56. The molecule has 18 heavy (non-hydrogen) atoms. The van der Waals surface area contributed by atoms with E-state index in [-0.39, 0.29) is 0 Å². The Hall–Kier alpha value is -1.45. The number of halogens is 1. The molecule has 3 nitrogen and oxygen atoms in total. The molecule has 0 fully saturated rings. The van der Waals surface area contributed by atoms with Crippen LogP contribution in [0.4, 0.5) is 0 Å². The first-order valence-electron chi connectivity index (χ1n) is 5.96. The molecule has 0 aliphatic heterocycles. The van der Waals surface area contributed by atoms with Crippen LogP contribution < -0.4 is 5.32 Å². The number of rotatable bonds is 4. The Balaban J connectivity index is 2.18. The molecular weight excluding hydrogens is 246 g/mol. The molecule has 2 aromatic rings. The van der Waals surface area contributed by atoms with E-state index in [1.54, 1.807) is 6.20 Å². The number of hydrogen-bond acceptors (Lipinski definition) is 3. The minimum Gasteiger partial charge on any atom is -0.308 e. The zero-order valence-corrected chi connectivity index (χ0v) is 11.3. The third-order valence-electron chi connectivity index (χ3n) is 2.51. The van der Waals surface area contributed by atoms with E-state index < -0.39 is 0 Å². The maximum absolute atomic E-state index is 5.87. The minimum atomic E-state index is 0.424. The van der Waals surface area contributed by atoms with E-state index in [0.29, 0.717) is 12.6 Å². The molecule has 1 heterocycles. The molecule has 1 aromatic carbocycles. The number of aromatic nitrogens is 2. The Kier molecular flexibility index (Phi) is 4.28. The summed E-state index contributed by atoms with van der Waals surface area (Å²) in [6.45, 7) is 4.88. The van der Waals surface area contributed by atoms with Crippen molar-refractivity contribution in [2.24, 2.45) is 0 Å². The summed E-state index contributed by atoms with van der Waals surface area (Å²) in [6, 6.07) is 9.99. The Labute approximate surface area is 112 Å². The molecular formula is C14H16ClN3. The molecule has 0 unspecified atom stereocenters. The first-order chi connectivity index (χ1) is 8.65. The van der Waals surface area contributed by atoms with Crippen molar-refractivity contribution in [1.82, 2.24) is 15.3 Å². The molecule has 0 spiro atoms. The zero-order chi connectivity index (χ0) is 13.0. The highest BCUT2D eigenvalue weighted by Gasteiger charge is 2.03. The Bertz CT molecular complexity index is 509. The second-order valence-corrected chi connectivity index (χ2v) is 4.84. The summed E-state index contributed by atoms with van der Waals surface area (Å²) in [4.78, 5) is 8.78. The monoisotopic (exact) mass is 261 g/mol. The fourth-order valence-corrected chi connectivity index (χ4v) is 1.69. The van der Waals surface area contributed by atoms with Crippen LogP contribution in [0.15, 0.2) is 36.5 Å². The lowest BCUT2D eigenvalue weighted by Gasteiger charge is -2.08. The molecule has 0 aliphatic carbocycles. The second kappa shape index (κ2) is 5.94. The number of benzene rings is 1. The highest BCUT2D eigenvalue weighted by atomic mass is 35.5. The summed E-state index contributed by atoms with van der Waals surface area (Å²) in [5.74, 6) is 0.802. The number of nitrogens with zero attached hydrogens (tertiary/aromatic N) is 2. The van der Waals surface area contributed by atoms with Gasteiger partial charge in [0.15, 0.2) is 0 Å². The topological polar surface area (TPSA) is 37.8 Å². The van der Waals surface area contributed by atoms with Gasteiger partial charge < -0.3 is 5.32 Å². The molecule has 1 aromatic heterocycles. The Morgan fingerprint density at radius 1 is 1.17 bits per heavy atom. The van der Waals surface area contributed by atoms with Gasteiger partial charge in [0.2, 0.25) is 0 Å². The number of hydrogen-bond donors (Lipinski definition) is 1. The summed E-state index contributed by atoms with van der Waals surface area (Å²) >= 11 is 5.87. The number of nitrogens with one attached hydrogen (secondary N) is 1. The van der Waals surface area contributed by atoms with Crippen LogP contribution in [0.5, 0.6) is 0 Å². The van der Waals surface area contributed by atoms with Crippen molar-refractivity contribution in [2.75, 3.05) is 0 Å². The molecule has 4 heteroatoms. The van der Waals surface area contributed by atoms with Crippen LogP contribution in [0.1, 0.15) is 19.7 Å². The highest BCUT2D eigenvalue weighted by molar-refractivity contribution is 6.30. The summed E-state index contributed by atoms with van der Waals surface area (Å²) in [5, 5.41) is 4.03. The van der Waals surface area contributed by atoms with Crippen LogP contribution in [0.3, 0.4) is 0 Å². The van der Waals surface area contributed by atoms with Crippen LogP contribution in [-0.2, 0) is 6.54 Å². The van der Waals surface area contributed by atoms with Gasteiger partial charge in [0, 0.05) is 22.8 Å². The van der Waals surface area contributed by atoms with Crippen molar-refractivity contribution < 1.29 is 0 Å². The van der Waals surface area contributed by atoms with Crippen LogP contribution in [-0.4, -0.2) is 16.0 Å². The van der Waals surface area contributed by atoms with Crippen LogP contribution in [0.25, 0.3) is 11.3 Å². The average Bonchev–Trinajstić information content (AvgIpc) is 2.37. The van der Waals surface area contributed by atoms with Crippen molar-refractivity contribution >= 4 is 11.6 Å². The van der Waals surface area contributed by atoms with Crippen LogP contribution in [0.2, 0.25) is 5.02 Å². The molecule has 2 rings (SSSR count). The van der Waals surface area contributed by atoms with Crippen molar-refractivity contribution in [1.29, 1.82) is 0 Å². The smallest absolute Gasteiger partial charge is 0.142 e. The molecule has 0 saturated carbocycles. The third-order valence-corrected chi connectivity index (χ3v) is 2.77. The second-order valence-electron chi connectivity index (χ2n) is 4.40. The standard InChI is InChI=1S/C14H16ClN3/c1-10(2)17-9-14-16-8-7-13(18-14)11-3-5-12(15)6-4-11/h3-8,10,17H,9H2,1-2H3. The fraction of sp³-hybridized carbons (Fsp3) is 0.286. The van der Waals surface area contributed by atoms with E-state index >= 15 is 0 Å². The normalized spacial score (nSPS) is 10.9. The van der Waals surface area contributed by atoms with E-state index in [9.17, 15) is 0 Å². The van der Waals surface area contributed by atoms with Crippen molar-refractivity contribution in [3.63, 3.8) is 0 Å². The SMILES string of the molecule is CC(C)NCc1nccc(-c2ccc(Cl)cc2)n1. The van der Waals surface area contributed by atoms with Crippen LogP contribution in [0, 0.1) is 0 Å². The van der Waals surface area contributed by atoms with E-state index in [2.05, 4.69) is 29.1 Å². The van der Waals surface area contributed by atoms with E-state index in [0.717, 1.165) is 22.1 Å². The Morgan fingerprint density at radius 2 is 1.89 bits per heavy atom. The van der Waals surface area contributed by atoms with Gasteiger partial charge in [0.25, 0.3) is 0 Å². The zero-order valence-electron chi connectivity index (χ0n) is 10.5. The molecule has 0 radical (unpaired) electrons. The molecule has 1 N–H and O–H groups in total. The van der Waals surface area contributed by atoms with E-state index in [1.165, 1.54) is 0 Å².